The first-order valence-corrected chi connectivity index (χ1v) is 6.02. The third kappa shape index (κ3) is 2.49. The number of carbonyl (C=O) groups is 1. The number of aliphatic carboxylic acids is 1. The highest BCUT2D eigenvalue weighted by Gasteiger charge is 2.34. The number of rotatable bonds is 3. The third-order valence-corrected chi connectivity index (χ3v) is 3.71. The Balaban J connectivity index is 2.17. The van der Waals surface area contributed by atoms with Gasteiger partial charge in [-0.1, -0.05) is 0 Å². The molecule has 0 spiro atoms. The van der Waals surface area contributed by atoms with Crippen molar-refractivity contribution < 1.29 is 9.90 Å². The van der Waals surface area contributed by atoms with Gasteiger partial charge in [0.15, 0.2) is 0 Å². The van der Waals surface area contributed by atoms with E-state index < -0.39 is 5.97 Å². The lowest BCUT2D eigenvalue weighted by Gasteiger charge is -2.32. The second-order valence-electron chi connectivity index (χ2n) is 4.94. The number of nitrogens with two attached hydrogens (primary N) is 1. The maximum atomic E-state index is 11.1. The van der Waals surface area contributed by atoms with Gasteiger partial charge in [-0.05, 0) is 31.7 Å². The van der Waals surface area contributed by atoms with E-state index in [1.54, 1.807) is 6.20 Å². The molecule has 0 bridgehead atoms. The number of aryl methyl sites for hydroxylation is 1. The molecule has 1 fully saturated rings. The van der Waals surface area contributed by atoms with Crippen LogP contribution >= 0.6 is 0 Å². The van der Waals surface area contributed by atoms with Gasteiger partial charge in [-0.3, -0.25) is 4.79 Å². The van der Waals surface area contributed by atoms with Crippen LogP contribution in [0.1, 0.15) is 31.0 Å². The highest BCUT2D eigenvalue weighted by molar-refractivity contribution is 5.70. The Bertz CT molecular complexity index is 402. The SMILES string of the molecule is Cn1ccnc1C1CC(CN)CC(C(=O)O)C1. The zero-order valence-electron chi connectivity index (χ0n) is 10.0. The van der Waals surface area contributed by atoms with Gasteiger partial charge in [-0.25, -0.2) is 4.98 Å². The van der Waals surface area contributed by atoms with E-state index in [1.807, 2.05) is 17.8 Å². The molecule has 3 N–H and O–H groups in total. The van der Waals surface area contributed by atoms with Crippen molar-refractivity contribution in [3.05, 3.63) is 18.2 Å². The largest absolute Gasteiger partial charge is 0.481 e. The summed E-state index contributed by atoms with van der Waals surface area (Å²) in [5, 5.41) is 9.17. The topological polar surface area (TPSA) is 81.1 Å². The highest BCUT2D eigenvalue weighted by atomic mass is 16.4. The van der Waals surface area contributed by atoms with Crippen molar-refractivity contribution in [2.75, 3.05) is 6.54 Å². The van der Waals surface area contributed by atoms with Crippen molar-refractivity contribution in [2.45, 2.75) is 25.2 Å². The number of imidazole rings is 1. The van der Waals surface area contributed by atoms with Crippen LogP contribution in [0.2, 0.25) is 0 Å². The molecule has 1 aliphatic rings. The lowest BCUT2D eigenvalue weighted by atomic mass is 9.75. The Kier molecular flexibility index (Phi) is 3.47. The minimum Gasteiger partial charge on any atom is -0.481 e. The zero-order chi connectivity index (χ0) is 12.4. The number of nitrogens with zero attached hydrogens (tertiary/aromatic N) is 2. The second kappa shape index (κ2) is 4.87. The van der Waals surface area contributed by atoms with E-state index in [1.165, 1.54) is 0 Å². The number of carboxylic acid groups (broad SMARTS) is 1. The summed E-state index contributed by atoms with van der Waals surface area (Å²) in [4.78, 5) is 15.5. The number of hydrogen-bond donors (Lipinski definition) is 2. The number of hydrogen-bond acceptors (Lipinski definition) is 3. The molecule has 1 aromatic heterocycles. The zero-order valence-corrected chi connectivity index (χ0v) is 10.0. The molecule has 0 saturated heterocycles. The predicted octanol–water partition coefficient (Wildman–Crippen LogP) is 0.963. The van der Waals surface area contributed by atoms with Crippen LogP contribution in [-0.4, -0.2) is 27.2 Å². The van der Waals surface area contributed by atoms with Crippen molar-refractivity contribution in [1.82, 2.24) is 9.55 Å². The molecule has 1 saturated carbocycles. The molecule has 94 valence electrons. The molecule has 17 heavy (non-hydrogen) atoms. The van der Waals surface area contributed by atoms with Gasteiger partial charge in [0.25, 0.3) is 0 Å². The second-order valence-corrected chi connectivity index (χ2v) is 4.94. The van der Waals surface area contributed by atoms with E-state index in [2.05, 4.69) is 4.98 Å². The summed E-state index contributed by atoms with van der Waals surface area (Å²) in [5.74, 6) is 0.515. The average molecular weight is 237 g/mol. The van der Waals surface area contributed by atoms with Crippen molar-refractivity contribution in [3.63, 3.8) is 0 Å². The first-order valence-electron chi connectivity index (χ1n) is 6.02. The molecule has 5 nitrogen and oxygen atoms in total. The minimum absolute atomic E-state index is 0.221. The summed E-state index contributed by atoms with van der Waals surface area (Å²) in [7, 11) is 1.95. The fourth-order valence-electron chi connectivity index (χ4n) is 2.81. The standard InChI is InChI=1S/C12H19N3O2/c1-15-3-2-14-11(15)9-4-8(7-13)5-10(6-9)12(16)17/h2-3,8-10H,4-7,13H2,1H3,(H,16,17). The third-order valence-electron chi connectivity index (χ3n) is 3.71. The van der Waals surface area contributed by atoms with Gasteiger partial charge in [0.2, 0.25) is 0 Å². The number of carboxylic acids is 1. The van der Waals surface area contributed by atoms with Crippen LogP contribution in [0.5, 0.6) is 0 Å². The molecule has 1 aliphatic carbocycles. The maximum absolute atomic E-state index is 11.1. The summed E-state index contributed by atoms with van der Waals surface area (Å²) in [6, 6.07) is 0. The van der Waals surface area contributed by atoms with E-state index in [4.69, 9.17) is 10.8 Å². The molecule has 0 radical (unpaired) electrons. The monoisotopic (exact) mass is 237 g/mol. The van der Waals surface area contributed by atoms with Gasteiger partial charge in [0.1, 0.15) is 5.82 Å². The highest BCUT2D eigenvalue weighted by Crippen LogP contribution is 2.38. The summed E-state index contributed by atoms with van der Waals surface area (Å²) in [6.45, 7) is 0.560. The number of aromatic nitrogens is 2. The van der Waals surface area contributed by atoms with Crippen molar-refractivity contribution >= 4 is 5.97 Å². The van der Waals surface area contributed by atoms with E-state index in [-0.39, 0.29) is 11.8 Å². The maximum Gasteiger partial charge on any atom is 0.306 e. The Morgan fingerprint density at radius 1 is 1.59 bits per heavy atom. The van der Waals surface area contributed by atoms with Gasteiger partial charge in [-0.15, -0.1) is 0 Å². The summed E-state index contributed by atoms with van der Waals surface area (Å²) in [6.07, 6.45) is 5.99. The molecule has 0 aromatic carbocycles. The van der Waals surface area contributed by atoms with Gasteiger partial charge < -0.3 is 15.4 Å². The fraction of sp³-hybridized carbons (Fsp3) is 0.667. The summed E-state index contributed by atoms with van der Waals surface area (Å²) in [5.41, 5.74) is 5.70. The molecule has 5 heteroatoms. The molecular formula is C12H19N3O2. The molecular weight excluding hydrogens is 218 g/mol. The van der Waals surface area contributed by atoms with Crippen LogP contribution in [0.25, 0.3) is 0 Å². The molecule has 0 aliphatic heterocycles. The van der Waals surface area contributed by atoms with Gasteiger partial charge in [0.05, 0.1) is 5.92 Å². The van der Waals surface area contributed by atoms with Crippen molar-refractivity contribution in [3.8, 4) is 0 Å². The van der Waals surface area contributed by atoms with Crippen LogP contribution in [0.4, 0.5) is 0 Å². The van der Waals surface area contributed by atoms with Gasteiger partial charge in [-0.2, -0.15) is 0 Å². The van der Waals surface area contributed by atoms with Crippen LogP contribution in [0.15, 0.2) is 12.4 Å². The first-order chi connectivity index (χ1) is 8.11. The quantitative estimate of drug-likeness (QED) is 0.820. The molecule has 0 amide bonds. The Hall–Kier alpha value is -1.36. The smallest absolute Gasteiger partial charge is 0.306 e. The van der Waals surface area contributed by atoms with E-state index in [0.29, 0.717) is 25.3 Å². The summed E-state index contributed by atoms with van der Waals surface area (Å²) < 4.78 is 1.97. The normalized spacial score (nSPS) is 29.2. The Labute approximate surface area is 101 Å². The predicted molar refractivity (Wildman–Crippen MR) is 63.5 cm³/mol. The van der Waals surface area contributed by atoms with Crippen LogP contribution in [-0.2, 0) is 11.8 Å². The minimum atomic E-state index is -0.706. The molecule has 3 atom stereocenters. The van der Waals surface area contributed by atoms with E-state index in [9.17, 15) is 4.79 Å². The Morgan fingerprint density at radius 3 is 2.88 bits per heavy atom. The lowest BCUT2D eigenvalue weighted by molar-refractivity contribution is -0.143. The van der Waals surface area contributed by atoms with Crippen LogP contribution < -0.4 is 5.73 Å². The summed E-state index contributed by atoms with van der Waals surface area (Å²) >= 11 is 0. The molecule has 1 heterocycles. The van der Waals surface area contributed by atoms with Crippen molar-refractivity contribution in [2.24, 2.45) is 24.6 Å². The van der Waals surface area contributed by atoms with E-state index >= 15 is 0 Å². The average Bonchev–Trinajstić information content (AvgIpc) is 2.74. The van der Waals surface area contributed by atoms with Gasteiger partial charge in [0, 0.05) is 25.4 Å². The van der Waals surface area contributed by atoms with E-state index in [0.717, 1.165) is 12.2 Å². The fourth-order valence-corrected chi connectivity index (χ4v) is 2.81. The van der Waals surface area contributed by atoms with Crippen LogP contribution in [0.3, 0.4) is 0 Å². The molecule has 1 aromatic rings. The van der Waals surface area contributed by atoms with Crippen molar-refractivity contribution in [1.29, 1.82) is 0 Å². The van der Waals surface area contributed by atoms with Crippen LogP contribution in [0, 0.1) is 11.8 Å². The molecule has 3 unspecified atom stereocenters. The lowest BCUT2D eigenvalue weighted by Crippen LogP contribution is -2.31. The van der Waals surface area contributed by atoms with Gasteiger partial charge >= 0.3 is 5.97 Å². The Morgan fingerprint density at radius 2 is 2.35 bits per heavy atom. The first kappa shape index (κ1) is 12.1. The molecule has 2 rings (SSSR count).